The number of rotatable bonds is 4. The lowest BCUT2D eigenvalue weighted by molar-refractivity contribution is 0.0724. The van der Waals surface area contributed by atoms with Crippen molar-refractivity contribution in [3.05, 3.63) is 59.7 Å². The van der Waals surface area contributed by atoms with E-state index in [0.717, 1.165) is 37.9 Å². The predicted molar refractivity (Wildman–Crippen MR) is 103 cm³/mol. The van der Waals surface area contributed by atoms with Crippen LogP contribution in [-0.2, 0) is 10.0 Å². The summed E-state index contributed by atoms with van der Waals surface area (Å²) < 4.78 is 27.2. The molecule has 1 heterocycles. The highest BCUT2D eigenvalue weighted by Gasteiger charge is 2.24. The van der Waals surface area contributed by atoms with Crippen LogP contribution in [0.5, 0.6) is 0 Å². The second-order valence-corrected chi connectivity index (χ2v) is 8.66. The molecule has 0 aromatic heterocycles. The average molecular weight is 372 g/mol. The Kier molecular flexibility index (Phi) is 5.32. The molecule has 0 N–H and O–H groups in total. The quantitative estimate of drug-likeness (QED) is 0.826. The van der Waals surface area contributed by atoms with Crippen LogP contribution in [0, 0.1) is 6.92 Å². The van der Waals surface area contributed by atoms with Gasteiger partial charge in [0.2, 0.25) is 0 Å². The molecular weight excluding hydrogens is 348 g/mol. The van der Waals surface area contributed by atoms with Gasteiger partial charge < -0.3 is 4.90 Å². The molecular formula is C20H24N2O3S. The molecule has 1 aliphatic heterocycles. The highest BCUT2D eigenvalue weighted by Crippen LogP contribution is 2.24. The molecule has 0 atom stereocenters. The van der Waals surface area contributed by atoms with Crippen molar-refractivity contribution in [1.29, 1.82) is 0 Å². The van der Waals surface area contributed by atoms with E-state index in [1.807, 2.05) is 25.1 Å². The molecule has 0 unspecified atom stereocenters. The van der Waals surface area contributed by atoms with E-state index in [-0.39, 0.29) is 10.8 Å². The number of benzene rings is 2. The second-order valence-electron chi connectivity index (χ2n) is 6.69. The first-order valence-electron chi connectivity index (χ1n) is 8.84. The summed E-state index contributed by atoms with van der Waals surface area (Å²) in [6.07, 6.45) is 3.14. The Labute approximate surface area is 155 Å². The lowest BCUT2D eigenvalue weighted by Crippen LogP contribution is -2.35. The molecule has 0 radical (unpaired) electrons. The molecule has 5 nitrogen and oxygen atoms in total. The van der Waals surface area contributed by atoms with E-state index < -0.39 is 10.0 Å². The van der Waals surface area contributed by atoms with E-state index in [2.05, 4.69) is 0 Å². The molecule has 2 aromatic rings. The van der Waals surface area contributed by atoms with Gasteiger partial charge in [-0.1, -0.05) is 18.2 Å². The second kappa shape index (κ2) is 7.50. The van der Waals surface area contributed by atoms with Crippen molar-refractivity contribution in [3.8, 4) is 0 Å². The molecule has 0 spiro atoms. The Morgan fingerprint density at radius 3 is 2.38 bits per heavy atom. The summed E-state index contributed by atoms with van der Waals surface area (Å²) in [6.45, 7) is 3.39. The number of nitrogens with zero attached hydrogens (tertiary/aromatic N) is 2. The van der Waals surface area contributed by atoms with Gasteiger partial charge in [0.25, 0.3) is 15.9 Å². The zero-order valence-electron chi connectivity index (χ0n) is 15.2. The lowest BCUT2D eigenvalue weighted by Gasteiger charge is -2.27. The number of anilines is 1. The van der Waals surface area contributed by atoms with Gasteiger partial charge in [0, 0.05) is 25.7 Å². The summed E-state index contributed by atoms with van der Waals surface area (Å²) >= 11 is 0. The Bertz CT molecular complexity index is 903. The molecule has 138 valence electrons. The van der Waals surface area contributed by atoms with Gasteiger partial charge in [-0.3, -0.25) is 9.10 Å². The van der Waals surface area contributed by atoms with Gasteiger partial charge in [-0.15, -0.1) is 0 Å². The first-order valence-corrected chi connectivity index (χ1v) is 10.3. The van der Waals surface area contributed by atoms with E-state index in [1.54, 1.807) is 23.1 Å². The van der Waals surface area contributed by atoms with Crippen molar-refractivity contribution >= 4 is 21.6 Å². The highest BCUT2D eigenvalue weighted by molar-refractivity contribution is 7.92. The maximum Gasteiger partial charge on any atom is 0.264 e. The minimum absolute atomic E-state index is 0.0973. The molecule has 1 saturated heterocycles. The molecule has 3 rings (SSSR count). The number of carbonyl (C=O) groups excluding carboxylic acids is 1. The molecule has 1 aliphatic rings. The fraction of sp³-hybridized carbons (Fsp3) is 0.350. The van der Waals surface area contributed by atoms with E-state index in [4.69, 9.17) is 0 Å². The van der Waals surface area contributed by atoms with Crippen molar-refractivity contribution < 1.29 is 13.2 Å². The van der Waals surface area contributed by atoms with Gasteiger partial charge in [-0.05, 0) is 62.1 Å². The zero-order chi connectivity index (χ0) is 18.7. The first-order chi connectivity index (χ1) is 12.4. The summed E-state index contributed by atoms with van der Waals surface area (Å²) in [6, 6.07) is 13.7. The highest BCUT2D eigenvalue weighted by atomic mass is 32.2. The number of hydrogen-bond donors (Lipinski definition) is 0. The van der Waals surface area contributed by atoms with Crippen LogP contribution in [0.1, 0.15) is 35.2 Å². The molecule has 6 heteroatoms. The molecule has 1 amide bonds. The normalized spacial score (nSPS) is 14.9. The van der Waals surface area contributed by atoms with Gasteiger partial charge in [0.15, 0.2) is 0 Å². The number of aryl methyl sites for hydroxylation is 1. The lowest BCUT2D eigenvalue weighted by atomic mass is 10.1. The maximum atomic E-state index is 13.0. The first kappa shape index (κ1) is 18.5. The standard InChI is InChI=1S/C20H24N2O3S/c1-16-8-6-10-18(14-16)21(2)26(24,25)19-11-7-9-17(15-19)20(23)22-12-4-3-5-13-22/h6-11,14-15H,3-5,12-13H2,1-2H3. The summed E-state index contributed by atoms with van der Waals surface area (Å²) in [5, 5.41) is 0. The molecule has 2 aromatic carbocycles. The Balaban J connectivity index is 1.89. The van der Waals surface area contributed by atoms with Crippen molar-refractivity contribution in [2.45, 2.75) is 31.1 Å². The van der Waals surface area contributed by atoms with E-state index in [9.17, 15) is 13.2 Å². The van der Waals surface area contributed by atoms with Crippen molar-refractivity contribution in [3.63, 3.8) is 0 Å². The summed E-state index contributed by atoms with van der Waals surface area (Å²) in [5.74, 6) is -0.0973. The monoisotopic (exact) mass is 372 g/mol. The van der Waals surface area contributed by atoms with Gasteiger partial charge in [0.1, 0.15) is 0 Å². The number of amides is 1. The van der Waals surface area contributed by atoms with Crippen LogP contribution in [0.25, 0.3) is 0 Å². The fourth-order valence-corrected chi connectivity index (χ4v) is 4.42. The topological polar surface area (TPSA) is 57.7 Å². The van der Waals surface area contributed by atoms with Crippen LogP contribution in [0.4, 0.5) is 5.69 Å². The average Bonchev–Trinajstić information content (AvgIpc) is 2.67. The Morgan fingerprint density at radius 1 is 1.00 bits per heavy atom. The molecule has 0 saturated carbocycles. The van der Waals surface area contributed by atoms with Crippen molar-refractivity contribution in [1.82, 2.24) is 4.90 Å². The van der Waals surface area contributed by atoms with Crippen LogP contribution in [-0.4, -0.2) is 39.4 Å². The third-order valence-electron chi connectivity index (χ3n) is 4.75. The largest absolute Gasteiger partial charge is 0.339 e. The summed E-state index contributed by atoms with van der Waals surface area (Å²) in [5.41, 5.74) is 2.00. The molecule has 0 bridgehead atoms. The zero-order valence-corrected chi connectivity index (χ0v) is 16.0. The smallest absolute Gasteiger partial charge is 0.264 e. The minimum atomic E-state index is -3.73. The molecule has 0 aliphatic carbocycles. The van der Waals surface area contributed by atoms with Crippen LogP contribution < -0.4 is 4.31 Å². The van der Waals surface area contributed by atoms with Gasteiger partial charge in [0.05, 0.1) is 10.6 Å². The van der Waals surface area contributed by atoms with Crippen molar-refractivity contribution in [2.75, 3.05) is 24.4 Å². The predicted octanol–water partition coefficient (Wildman–Crippen LogP) is 3.45. The summed E-state index contributed by atoms with van der Waals surface area (Å²) in [4.78, 5) is 14.6. The minimum Gasteiger partial charge on any atom is -0.339 e. The van der Waals surface area contributed by atoms with E-state index in [0.29, 0.717) is 11.3 Å². The Hall–Kier alpha value is -2.34. The van der Waals surface area contributed by atoms with Gasteiger partial charge in [-0.25, -0.2) is 8.42 Å². The molecule has 26 heavy (non-hydrogen) atoms. The SMILES string of the molecule is Cc1cccc(N(C)S(=O)(=O)c2cccc(C(=O)N3CCCCC3)c2)c1. The number of hydrogen-bond acceptors (Lipinski definition) is 3. The van der Waals surface area contributed by atoms with Crippen molar-refractivity contribution in [2.24, 2.45) is 0 Å². The van der Waals surface area contributed by atoms with Crippen LogP contribution in [0.3, 0.4) is 0 Å². The Morgan fingerprint density at radius 2 is 1.69 bits per heavy atom. The van der Waals surface area contributed by atoms with E-state index in [1.165, 1.54) is 23.5 Å². The van der Waals surface area contributed by atoms with E-state index >= 15 is 0 Å². The van der Waals surface area contributed by atoms with Gasteiger partial charge in [-0.2, -0.15) is 0 Å². The number of carbonyl (C=O) groups is 1. The fourth-order valence-electron chi connectivity index (χ4n) is 3.19. The summed E-state index contributed by atoms with van der Waals surface area (Å²) in [7, 11) is -2.20. The van der Waals surface area contributed by atoms with Crippen LogP contribution in [0.2, 0.25) is 0 Å². The van der Waals surface area contributed by atoms with Gasteiger partial charge >= 0.3 is 0 Å². The third-order valence-corrected chi connectivity index (χ3v) is 6.53. The number of likely N-dealkylation sites (tertiary alicyclic amines) is 1. The third kappa shape index (κ3) is 3.75. The van der Waals surface area contributed by atoms with Crippen LogP contribution >= 0.6 is 0 Å². The van der Waals surface area contributed by atoms with Crippen LogP contribution in [0.15, 0.2) is 53.4 Å². The molecule has 1 fully saturated rings. The number of sulfonamides is 1. The maximum absolute atomic E-state index is 13.0. The number of piperidine rings is 1.